The first-order valence-electron chi connectivity index (χ1n) is 5.23. The molecule has 2 N–H and O–H groups in total. The van der Waals surface area contributed by atoms with E-state index in [0.717, 1.165) is 0 Å². The Morgan fingerprint density at radius 1 is 1.47 bits per heavy atom. The highest BCUT2D eigenvalue weighted by molar-refractivity contribution is 5.76. The lowest BCUT2D eigenvalue weighted by Gasteiger charge is -1.93. The molecule has 0 radical (unpaired) electrons. The van der Waals surface area contributed by atoms with Crippen LogP contribution >= 0.6 is 0 Å². The molecule has 0 unspecified atom stereocenters. The van der Waals surface area contributed by atoms with E-state index >= 15 is 0 Å². The number of rotatable bonds is 2. The third-order valence-electron chi connectivity index (χ3n) is 2.41. The Morgan fingerprint density at radius 3 is 3.11 bits per heavy atom. The zero-order chi connectivity index (χ0) is 13.4. The van der Waals surface area contributed by atoms with Crippen molar-refractivity contribution in [1.29, 1.82) is 0 Å². The second kappa shape index (κ2) is 4.09. The molecule has 0 saturated carbocycles. The molecule has 0 bridgehead atoms. The van der Waals surface area contributed by atoms with Gasteiger partial charge in [-0.15, -0.1) is 0 Å². The standard InChI is InChI=1S/C11H7FN4O3/c12-6-1-2-8-9(3-6)15-10(14-8)16-5-7(4-13-16)19-11(17)18/h1-5H,(H,14,15)(H,17,18). The minimum absolute atomic E-state index is 0.0686. The highest BCUT2D eigenvalue weighted by Crippen LogP contribution is 2.17. The summed E-state index contributed by atoms with van der Waals surface area (Å²) >= 11 is 0. The summed E-state index contributed by atoms with van der Waals surface area (Å²) in [5.74, 6) is 0.0260. The molecular formula is C11H7FN4O3. The molecule has 0 aliphatic rings. The molecule has 0 amide bonds. The number of fused-ring (bicyclic) bond motifs is 1. The number of carboxylic acid groups (broad SMARTS) is 1. The van der Waals surface area contributed by atoms with E-state index in [1.165, 1.54) is 35.3 Å². The number of hydrogen-bond acceptors (Lipinski definition) is 4. The molecule has 2 aromatic heterocycles. The van der Waals surface area contributed by atoms with Crippen molar-refractivity contribution in [3.8, 4) is 11.7 Å². The number of imidazole rings is 1. The molecule has 0 fully saturated rings. The molecule has 3 aromatic rings. The average Bonchev–Trinajstić information content (AvgIpc) is 2.93. The Bertz CT molecular complexity index is 764. The third kappa shape index (κ3) is 2.10. The smallest absolute Gasteiger partial charge is 0.449 e. The van der Waals surface area contributed by atoms with E-state index in [4.69, 9.17) is 5.11 Å². The first kappa shape index (κ1) is 11.2. The van der Waals surface area contributed by atoms with Gasteiger partial charge in [0.05, 0.1) is 23.4 Å². The summed E-state index contributed by atoms with van der Waals surface area (Å²) in [6, 6.07) is 4.14. The maximum absolute atomic E-state index is 13.0. The van der Waals surface area contributed by atoms with E-state index < -0.39 is 6.16 Å². The monoisotopic (exact) mass is 262 g/mol. The van der Waals surface area contributed by atoms with Crippen molar-refractivity contribution < 1.29 is 19.0 Å². The molecule has 0 aliphatic heterocycles. The molecule has 19 heavy (non-hydrogen) atoms. The first-order valence-corrected chi connectivity index (χ1v) is 5.23. The number of halogens is 1. The van der Waals surface area contributed by atoms with Gasteiger partial charge in [0, 0.05) is 0 Å². The van der Waals surface area contributed by atoms with Gasteiger partial charge in [0.15, 0.2) is 5.75 Å². The van der Waals surface area contributed by atoms with Gasteiger partial charge in [0.2, 0.25) is 5.95 Å². The molecule has 3 rings (SSSR count). The highest BCUT2D eigenvalue weighted by atomic mass is 19.1. The van der Waals surface area contributed by atoms with E-state index in [0.29, 0.717) is 17.0 Å². The Labute approximate surface area is 105 Å². The van der Waals surface area contributed by atoms with Crippen LogP contribution < -0.4 is 4.74 Å². The molecule has 1 aromatic carbocycles. The van der Waals surface area contributed by atoms with Crippen molar-refractivity contribution in [2.75, 3.05) is 0 Å². The Hall–Kier alpha value is -2.90. The molecule has 8 heteroatoms. The molecule has 0 aliphatic carbocycles. The molecule has 96 valence electrons. The van der Waals surface area contributed by atoms with E-state index in [2.05, 4.69) is 19.8 Å². The number of ether oxygens (including phenoxy) is 1. The third-order valence-corrected chi connectivity index (χ3v) is 2.41. The average molecular weight is 262 g/mol. The van der Waals surface area contributed by atoms with Gasteiger partial charge in [-0.25, -0.2) is 18.9 Å². The van der Waals surface area contributed by atoms with Gasteiger partial charge in [0.25, 0.3) is 0 Å². The molecule has 7 nitrogen and oxygen atoms in total. The van der Waals surface area contributed by atoms with E-state index in [9.17, 15) is 9.18 Å². The lowest BCUT2D eigenvalue weighted by atomic mass is 10.3. The van der Waals surface area contributed by atoms with Crippen molar-refractivity contribution in [1.82, 2.24) is 19.7 Å². The van der Waals surface area contributed by atoms with Crippen molar-refractivity contribution in [3.63, 3.8) is 0 Å². The first-order chi connectivity index (χ1) is 9.11. The summed E-state index contributed by atoms with van der Waals surface area (Å²) in [5, 5.41) is 12.4. The highest BCUT2D eigenvalue weighted by Gasteiger charge is 2.09. The van der Waals surface area contributed by atoms with Crippen LogP contribution in [0.4, 0.5) is 9.18 Å². The number of aromatic nitrogens is 4. The maximum atomic E-state index is 13.0. The van der Waals surface area contributed by atoms with E-state index in [-0.39, 0.29) is 11.6 Å². The molecule has 0 atom stereocenters. The van der Waals surface area contributed by atoms with Crippen LogP contribution in [0.3, 0.4) is 0 Å². The van der Waals surface area contributed by atoms with Gasteiger partial charge in [-0.2, -0.15) is 5.10 Å². The quantitative estimate of drug-likeness (QED) is 0.688. The lowest BCUT2D eigenvalue weighted by Crippen LogP contribution is -2.02. The molecular weight excluding hydrogens is 255 g/mol. The fourth-order valence-corrected chi connectivity index (χ4v) is 1.65. The van der Waals surface area contributed by atoms with Crippen LogP contribution in [-0.2, 0) is 0 Å². The summed E-state index contributed by atoms with van der Waals surface area (Å²) in [5.41, 5.74) is 1.10. The van der Waals surface area contributed by atoms with Gasteiger partial charge in [-0.1, -0.05) is 0 Å². The van der Waals surface area contributed by atoms with E-state index in [1.807, 2.05) is 0 Å². The van der Waals surface area contributed by atoms with Crippen molar-refractivity contribution in [3.05, 3.63) is 36.4 Å². The van der Waals surface area contributed by atoms with Crippen LogP contribution in [0, 0.1) is 5.82 Å². The second-order valence-corrected chi connectivity index (χ2v) is 3.71. The summed E-state index contributed by atoms with van der Waals surface area (Å²) < 4.78 is 18.8. The number of hydrogen-bond donors (Lipinski definition) is 2. The summed E-state index contributed by atoms with van der Waals surface area (Å²) in [4.78, 5) is 17.4. The summed E-state index contributed by atoms with van der Waals surface area (Å²) in [7, 11) is 0. The van der Waals surface area contributed by atoms with Crippen LogP contribution in [0.5, 0.6) is 5.75 Å². The minimum Gasteiger partial charge on any atom is -0.449 e. The zero-order valence-electron chi connectivity index (χ0n) is 9.37. The van der Waals surface area contributed by atoms with Crippen molar-refractivity contribution in [2.24, 2.45) is 0 Å². The number of benzene rings is 1. The Balaban J connectivity index is 1.99. The van der Waals surface area contributed by atoms with Gasteiger partial charge in [-0.3, -0.25) is 0 Å². The van der Waals surface area contributed by atoms with Gasteiger partial charge in [0.1, 0.15) is 5.82 Å². The summed E-state index contributed by atoms with van der Waals surface area (Å²) in [6.45, 7) is 0. The lowest BCUT2D eigenvalue weighted by molar-refractivity contribution is 0.144. The normalized spacial score (nSPS) is 10.8. The number of aromatic amines is 1. The van der Waals surface area contributed by atoms with Gasteiger partial charge >= 0.3 is 6.16 Å². The topological polar surface area (TPSA) is 93.0 Å². The minimum atomic E-state index is -1.42. The number of H-pyrrole nitrogens is 1. The fraction of sp³-hybridized carbons (Fsp3) is 0. The number of carbonyl (C=O) groups is 1. The van der Waals surface area contributed by atoms with Crippen LogP contribution in [0.15, 0.2) is 30.6 Å². The van der Waals surface area contributed by atoms with Crippen LogP contribution in [0.25, 0.3) is 17.0 Å². The van der Waals surface area contributed by atoms with Crippen LogP contribution in [0.2, 0.25) is 0 Å². The Morgan fingerprint density at radius 2 is 2.32 bits per heavy atom. The zero-order valence-corrected chi connectivity index (χ0v) is 9.37. The number of nitrogens with one attached hydrogen (secondary N) is 1. The number of nitrogens with zero attached hydrogens (tertiary/aromatic N) is 3. The van der Waals surface area contributed by atoms with Crippen LogP contribution in [0.1, 0.15) is 0 Å². The van der Waals surface area contributed by atoms with Gasteiger partial charge in [-0.05, 0) is 18.2 Å². The fourth-order valence-electron chi connectivity index (χ4n) is 1.65. The predicted molar refractivity (Wildman–Crippen MR) is 61.8 cm³/mol. The Kier molecular flexibility index (Phi) is 2.41. The van der Waals surface area contributed by atoms with Crippen LogP contribution in [-0.4, -0.2) is 31.0 Å². The van der Waals surface area contributed by atoms with Crippen molar-refractivity contribution >= 4 is 17.2 Å². The SMILES string of the molecule is O=C(O)Oc1cnn(-c2nc3ccc(F)cc3[nH]2)c1. The largest absolute Gasteiger partial charge is 0.511 e. The predicted octanol–water partition coefficient (Wildman–Crippen LogP) is 1.94. The van der Waals surface area contributed by atoms with E-state index in [1.54, 1.807) is 0 Å². The molecule has 0 spiro atoms. The summed E-state index contributed by atoms with van der Waals surface area (Å²) in [6.07, 6.45) is 1.16. The second-order valence-electron chi connectivity index (χ2n) is 3.71. The van der Waals surface area contributed by atoms with Gasteiger partial charge < -0.3 is 14.8 Å². The van der Waals surface area contributed by atoms with Crippen molar-refractivity contribution in [2.45, 2.75) is 0 Å². The molecule has 2 heterocycles. The maximum Gasteiger partial charge on any atom is 0.511 e. The molecule has 0 saturated heterocycles.